The molecule has 0 bridgehead atoms. The predicted molar refractivity (Wildman–Crippen MR) is 98.5 cm³/mol. The van der Waals surface area contributed by atoms with Crippen LogP contribution in [-0.2, 0) is 11.3 Å². The van der Waals surface area contributed by atoms with E-state index >= 15 is 0 Å². The van der Waals surface area contributed by atoms with E-state index in [2.05, 4.69) is 16.4 Å². The van der Waals surface area contributed by atoms with Gasteiger partial charge in [0.2, 0.25) is 5.91 Å². The molecule has 0 spiro atoms. The summed E-state index contributed by atoms with van der Waals surface area (Å²) in [5.41, 5.74) is 7.98. The van der Waals surface area contributed by atoms with Crippen LogP contribution in [0.5, 0.6) is 0 Å². The van der Waals surface area contributed by atoms with E-state index in [0.717, 1.165) is 22.9 Å². The number of furan rings is 1. The summed E-state index contributed by atoms with van der Waals surface area (Å²) in [7, 11) is 0. The molecule has 0 atom stereocenters. The smallest absolute Gasteiger partial charge is 0.284 e. The minimum Gasteiger partial charge on any atom is -0.451 e. The first-order valence-corrected chi connectivity index (χ1v) is 8.75. The number of carbonyl (C=O) groups is 2. The lowest BCUT2D eigenvalue weighted by atomic mass is 9.99. The van der Waals surface area contributed by atoms with Crippen molar-refractivity contribution in [3.8, 4) is 0 Å². The number of benzene rings is 1. The van der Waals surface area contributed by atoms with Crippen molar-refractivity contribution in [2.24, 2.45) is 5.73 Å². The van der Waals surface area contributed by atoms with Crippen LogP contribution in [0.1, 0.15) is 29.0 Å². The molecule has 1 aromatic carbocycles. The van der Waals surface area contributed by atoms with Crippen LogP contribution in [0.4, 0.5) is 0 Å². The third kappa shape index (κ3) is 3.59. The van der Waals surface area contributed by atoms with E-state index in [1.807, 2.05) is 23.1 Å². The maximum atomic E-state index is 12.5. The first-order chi connectivity index (χ1) is 13.1. The molecule has 8 heteroatoms. The van der Waals surface area contributed by atoms with Crippen molar-refractivity contribution >= 4 is 28.4 Å². The number of nitrogens with two attached hydrogens (primary N) is 1. The molecule has 0 fully saturated rings. The molecular weight excluding hydrogens is 346 g/mol. The van der Waals surface area contributed by atoms with Gasteiger partial charge in [-0.1, -0.05) is 17.4 Å². The number of primary amides is 1. The fourth-order valence-corrected chi connectivity index (χ4v) is 3.25. The van der Waals surface area contributed by atoms with Gasteiger partial charge in [-0.05, 0) is 35.8 Å². The van der Waals surface area contributed by atoms with Gasteiger partial charge in [0, 0.05) is 31.1 Å². The number of hydrogen-bond donors (Lipinski definition) is 1. The van der Waals surface area contributed by atoms with E-state index in [0.29, 0.717) is 31.6 Å². The largest absolute Gasteiger partial charge is 0.451 e. The highest BCUT2D eigenvalue weighted by Crippen LogP contribution is 2.27. The Labute approximate surface area is 155 Å². The lowest BCUT2D eigenvalue weighted by molar-refractivity contribution is -0.131. The van der Waals surface area contributed by atoms with E-state index in [1.165, 1.54) is 0 Å². The fourth-order valence-electron chi connectivity index (χ4n) is 3.25. The molecule has 138 valence electrons. The molecule has 8 nitrogen and oxygen atoms in total. The third-order valence-electron chi connectivity index (χ3n) is 4.66. The fraction of sp³-hybridized carbons (Fsp3) is 0.263. The molecule has 1 aliphatic rings. The number of aromatic nitrogens is 3. The molecule has 0 unspecified atom stereocenters. The second-order valence-corrected chi connectivity index (χ2v) is 6.48. The van der Waals surface area contributed by atoms with Crippen LogP contribution in [0.15, 0.2) is 47.2 Å². The van der Waals surface area contributed by atoms with Gasteiger partial charge in [-0.3, -0.25) is 14.3 Å². The van der Waals surface area contributed by atoms with Crippen molar-refractivity contribution in [1.82, 2.24) is 19.9 Å². The molecule has 2 amide bonds. The van der Waals surface area contributed by atoms with Crippen molar-refractivity contribution in [3.63, 3.8) is 0 Å². The van der Waals surface area contributed by atoms with E-state index in [1.54, 1.807) is 23.1 Å². The van der Waals surface area contributed by atoms with Crippen molar-refractivity contribution in [1.29, 1.82) is 0 Å². The molecule has 27 heavy (non-hydrogen) atoms. The minimum atomic E-state index is -0.589. The summed E-state index contributed by atoms with van der Waals surface area (Å²) < 4.78 is 7.08. The maximum Gasteiger partial charge on any atom is 0.284 e. The molecule has 0 saturated heterocycles. The Morgan fingerprint density at radius 2 is 2.15 bits per heavy atom. The van der Waals surface area contributed by atoms with Crippen LogP contribution >= 0.6 is 0 Å². The molecule has 2 aromatic heterocycles. The van der Waals surface area contributed by atoms with E-state index in [4.69, 9.17) is 10.2 Å². The monoisotopic (exact) mass is 365 g/mol. The van der Waals surface area contributed by atoms with Crippen LogP contribution in [-0.4, -0.2) is 44.8 Å². The molecule has 4 rings (SSSR count). The summed E-state index contributed by atoms with van der Waals surface area (Å²) in [6.07, 6.45) is 6.69. The van der Waals surface area contributed by atoms with Crippen LogP contribution in [0.2, 0.25) is 0 Å². The van der Waals surface area contributed by atoms with Crippen LogP contribution < -0.4 is 5.73 Å². The predicted octanol–water partition coefficient (Wildman–Crippen LogP) is 1.83. The first-order valence-electron chi connectivity index (χ1n) is 8.75. The Hall–Kier alpha value is -3.42. The highest BCUT2D eigenvalue weighted by Gasteiger charge is 2.19. The summed E-state index contributed by atoms with van der Waals surface area (Å²) in [4.78, 5) is 25.7. The molecule has 3 aromatic rings. The standard InChI is InChI=1S/C19H19N5O3/c20-19(26)17-11-15-10-13(3-4-16(15)27-17)14-2-1-7-23(12-14)18(25)5-8-24-9-6-21-22-24/h2-4,6,9-11H,1,5,7-8,12H2,(H2,20,26). The van der Waals surface area contributed by atoms with Crippen LogP contribution in [0.3, 0.4) is 0 Å². The van der Waals surface area contributed by atoms with Crippen molar-refractivity contribution in [3.05, 3.63) is 54.1 Å². The summed E-state index contributed by atoms with van der Waals surface area (Å²) in [5, 5.41) is 8.44. The SMILES string of the molecule is NC(=O)c1cc2cc(C3=CCCN(C(=O)CCn4ccnn4)C3)ccc2o1. The summed E-state index contributed by atoms with van der Waals surface area (Å²) in [6, 6.07) is 7.36. The number of aryl methyl sites for hydroxylation is 1. The molecule has 0 radical (unpaired) electrons. The molecule has 0 aliphatic carbocycles. The van der Waals surface area contributed by atoms with Gasteiger partial charge in [0.05, 0.1) is 12.7 Å². The zero-order chi connectivity index (χ0) is 18.8. The van der Waals surface area contributed by atoms with E-state index < -0.39 is 5.91 Å². The Morgan fingerprint density at radius 1 is 1.26 bits per heavy atom. The second kappa shape index (κ2) is 7.06. The van der Waals surface area contributed by atoms with Crippen molar-refractivity contribution < 1.29 is 14.0 Å². The zero-order valence-electron chi connectivity index (χ0n) is 14.7. The highest BCUT2D eigenvalue weighted by molar-refractivity contribution is 5.95. The Morgan fingerprint density at radius 3 is 2.93 bits per heavy atom. The average molecular weight is 365 g/mol. The Kier molecular flexibility index (Phi) is 4.45. The van der Waals surface area contributed by atoms with Crippen molar-refractivity contribution in [2.45, 2.75) is 19.4 Å². The van der Waals surface area contributed by atoms with Crippen LogP contribution in [0.25, 0.3) is 16.5 Å². The average Bonchev–Trinajstić information content (AvgIpc) is 3.35. The Bertz CT molecular complexity index is 1020. The zero-order valence-corrected chi connectivity index (χ0v) is 14.7. The molecular formula is C19H19N5O3. The van der Waals surface area contributed by atoms with Gasteiger partial charge in [-0.25, -0.2) is 0 Å². The number of nitrogens with zero attached hydrogens (tertiary/aromatic N) is 4. The minimum absolute atomic E-state index is 0.0940. The number of amides is 2. The molecule has 2 N–H and O–H groups in total. The molecule has 1 aliphatic heterocycles. The van der Waals surface area contributed by atoms with Gasteiger partial charge in [-0.2, -0.15) is 0 Å². The normalized spacial score (nSPS) is 14.4. The number of carbonyl (C=O) groups excluding carboxylic acids is 2. The molecule has 0 saturated carbocycles. The highest BCUT2D eigenvalue weighted by atomic mass is 16.3. The van der Waals surface area contributed by atoms with Gasteiger partial charge in [0.1, 0.15) is 5.58 Å². The number of rotatable bonds is 5. The molecule has 3 heterocycles. The number of hydrogen-bond acceptors (Lipinski definition) is 5. The quantitative estimate of drug-likeness (QED) is 0.742. The van der Waals surface area contributed by atoms with Crippen LogP contribution in [0, 0.1) is 0 Å². The van der Waals surface area contributed by atoms with Gasteiger partial charge < -0.3 is 15.1 Å². The lowest BCUT2D eigenvalue weighted by Gasteiger charge is -2.27. The second-order valence-electron chi connectivity index (χ2n) is 6.48. The summed E-state index contributed by atoms with van der Waals surface area (Å²) >= 11 is 0. The van der Waals surface area contributed by atoms with Gasteiger partial charge in [0.25, 0.3) is 5.91 Å². The van der Waals surface area contributed by atoms with E-state index in [9.17, 15) is 9.59 Å². The maximum absolute atomic E-state index is 12.5. The lowest BCUT2D eigenvalue weighted by Crippen LogP contribution is -2.35. The first kappa shape index (κ1) is 17.0. The topological polar surface area (TPSA) is 107 Å². The Balaban J connectivity index is 1.47. The van der Waals surface area contributed by atoms with Crippen molar-refractivity contribution in [2.75, 3.05) is 13.1 Å². The summed E-state index contributed by atoms with van der Waals surface area (Å²) in [5.74, 6) is -0.352. The van der Waals surface area contributed by atoms with E-state index in [-0.39, 0.29) is 11.7 Å². The third-order valence-corrected chi connectivity index (χ3v) is 4.66. The summed E-state index contributed by atoms with van der Waals surface area (Å²) in [6.45, 7) is 1.78. The van der Waals surface area contributed by atoms with Gasteiger partial charge >= 0.3 is 0 Å². The van der Waals surface area contributed by atoms with Gasteiger partial charge in [-0.15, -0.1) is 5.10 Å². The van der Waals surface area contributed by atoms with Gasteiger partial charge in [0.15, 0.2) is 5.76 Å². The number of fused-ring (bicyclic) bond motifs is 1.